The molecule has 37 heavy (non-hydrogen) atoms. The third kappa shape index (κ3) is 5.33. The molecular weight excluding hydrogens is 488 g/mol. The molecule has 0 saturated heterocycles. The van der Waals surface area contributed by atoms with Gasteiger partial charge in [-0.3, -0.25) is 14.5 Å². The summed E-state index contributed by atoms with van der Waals surface area (Å²) in [5.74, 6) is 1.03. The Bertz CT molecular complexity index is 1680. The molecule has 1 atom stereocenters. The molecule has 2 heterocycles. The Morgan fingerprint density at radius 1 is 1.22 bits per heavy atom. The van der Waals surface area contributed by atoms with Gasteiger partial charge in [-0.05, 0) is 73.4 Å². The first-order valence-electron chi connectivity index (χ1n) is 11.8. The van der Waals surface area contributed by atoms with E-state index in [0.29, 0.717) is 28.1 Å². The van der Waals surface area contributed by atoms with Crippen molar-refractivity contribution in [2.45, 2.75) is 37.6 Å². The van der Waals surface area contributed by atoms with Gasteiger partial charge in [-0.25, -0.2) is 8.42 Å². The van der Waals surface area contributed by atoms with E-state index in [1.54, 1.807) is 36.7 Å². The molecule has 2 aromatic carbocycles. The molecule has 2 aromatic heterocycles. The maximum atomic E-state index is 12.7. The minimum absolute atomic E-state index is 0. The van der Waals surface area contributed by atoms with Crippen LogP contribution in [0.25, 0.3) is 10.9 Å². The lowest BCUT2D eigenvalue weighted by Gasteiger charge is -2.15. The molecule has 0 bridgehead atoms. The summed E-state index contributed by atoms with van der Waals surface area (Å²) >= 11 is 0. The topological polar surface area (TPSA) is 103 Å². The number of carbonyl (C=O) groups excluding carboxylic acids is 1. The average molecular weight is 517 g/mol. The Morgan fingerprint density at radius 3 is 2.70 bits per heavy atom. The quantitative estimate of drug-likeness (QED) is 0.333. The summed E-state index contributed by atoms with van der Waals surface area (Å²) in [6.45, 7) is 3.84. The number of hydrogen-bond donors (Lipinski definition) is 1. The molecule has 1 unspecified atom stereocenters. The number of amides is 1. The summed E-state index contributed by atoms with van der Waals surface area (Å²) in [5, 5.41) is 7.85. The third-order valence-electron chi connectivity index (χ3n) is 6.19. The fourth-order valence-electron chi connectivity index (χ4n) is 4.43. The van der Waals surface area contributed by atoms with Crippen LogP contribution < -0.4 is 10.1 Å². The van der Waals surface area contributed by atoms with Crippen molar-refractivity contribution in [3.05, 3.63) is 89.6 Å². The van der Waals surface area contributed by atoms with E-state index in [4.69, 9.17) is 4.74 Å². The Labute approximate surface area is 216 Å². The summed E-state index contributed by atoms with van der Waals surface area (Å²) in [6.07, 6.45) is 11.2. The van der Waals surface area contributed by atoms with E-state index in [-0.39, 0.29) is 24.7 Å². The standard InChI is InChI=1S/C28H26N4O4S.H2/c1-18-12-20(14-27(33)31-21-16-30-32(17-21)22-6-4-5-7-22)13-19(2)28(18)36-26-10-11-29-25-9-8-23(15-24(25)26)37(3,34)35;/h4,7-13,15-17,22H,6,14H2,1-3H3,(H,31,33);1H. The maximum absolute atomic E-state index is 12.7. The lowest BCUT2D eigenvalue weighted by Crippen LogP contribution is -2.14. The predicted octanol–water partition coefficient (Wildman–Crippen LogP) is 5.33. The van der Waals surface area contributed by atoms with Crippen molar-refractivity contribution in [3.63, 3.8) is 0 Å². The Kier molecular flexibility index (Phi) is 6.41. The lowest BCUT2D eigenvalue weighted by atomic mass is 10.0. The number of carbonyl (C=O) groups is 1. The van der Waals surface area contributed by atoms with Crippen molar-refractivity contribution in [1.82, 2.24) is 14.8 Å². The predicted molar refractivity (Wildman–Crippen MR) is 144 cm³/mol. The van der Waals surface area contributed by atoms with Gasteiger partial charge < -0.3 is 10.1 Å². The highest BCUT2D eigenvalue weighted by Gasteiger charge is 2.16. The van der Waals surface area contributed by atoms with Crippen LogP contribution >= 0.6 is 0 Å². The van der Waals surface area contributed by atoms with Gasteiger partial charge in [0.05, 0.1) is 34.8 Å². The summed E-state index contributed by atoms with van der Waals surface area (Å²) in [7, 11) is -3.38. The molecular formula is C28H28N4O4S. The number of nitrogens with zero attached hydrogens (tertiary/aromatic N) is 3. The van der Waals surface area contributed by atoms with Crippen molar-refractivity contribution in [1.29, 1.82) is 0 Å². The van der Waals surface area contributed by atoms with Gasteiger partial charge in [0.25, 0.3) is 0 Å². The van der Waals surface area contributed by atoms with Crippen molar-refractivity contribution in [3.8, 4) is 11.5 Å². The number of aryl methyl sites for hydroxylation is 2. The minimum atomic E-state index is -3.38. The van der Waals surface area contributed by atoms with E-state index in [1.165, 1.54) is 6.26 Å². The molecule has 1 N–H and O–H groups in total. The zero-order chi connectivity index (χ0) is 26.2. The number of fused-ring (bicyclic) bond motifs is 1. The molecule has 4 aromatic rings. The molecule has 9 heteroatoms. The van der Waals surface area contributed by atoms with Crippen LogP contribution in [-0.2, 0) is 21.1 Å². The molecule has 0 aliphatic heterocycles. The highest BCUT2D eigenvalue weighted by molar-refractivity contribution is 7.90. The number of sulfone groups is 1. The number of nitrogens with one attached hydrogen (secondary N) is 1. The van der Waals surface area contributed by atoms with Crippen molar-refractivity contribution in [2.24, 2.45) is 0 Å². The molecule has 1 aliphatic rings. The number of pyridine rings is 1. The van der Waals surface area contributed by atoms with Crippen molar-refractivity contribution in [2.75, 3.05) is 11.6 Å². The lowest BCUT2D eigenvalue weighted by molar-refractivity contribution is -0.115. The van der Waals surface area contributed by atoms with Crippen LogP contribution in [0.15, 0.2) is 77.8 Å². The van der Waals surface area contributed by atoms with Gasteiger partial charge in [-0.2, -0.15) is 5.10 Å². The zero-order valence-electron chi connectivity index (χ0n) is 20.7. The first-order valence-corrected chi connectivity index (χ1v) is 13.7. The summed E-state index contributed by atoms with van der Waals surface area (Å²) in [5.41, 5.74) is 6.93. The van der Waals surface area contributed by atoms with Crippen molar-refractivity contribution < 1.29 is 19.4 Å². The highest BCUT2D eigenvalue weighted by Crippen LogP contribution is 2.34. The van der Waals surface area contributed by atoms with E-state index < -0.39 is 9.84 Å². The Morgan fingerprint density at radius 2 is 2.00 bits per heavy atom. The fraction of sp³-hybridized carbons (Fsp3) is 0.214. The molecule has 190 valence electrons. The molecule has 0 spiro atoms. The van der Waals surface area contributed by atoms with E-state index >= 15 is 0 Å². The maximum Gasteiger partial charge on any atom is 0.228 e. The van der Waals surface area contributed by atoms with E-state index in [1.807, 2.05) is 49.0 Å². The van der Waals surface area contributed by atoms with E-state index in [2.05, 4.69) is 21.1 Å². The number of anilines is 1. The third-order valence-corrected chi connectivity index (χ3v) is 7.30. The molecule has 0 fully saturated rings. The van der Waals surface area contributed by atoms with Gasteiger partial charge in [-0.1, -0.05) is 12.1 Å². The Balaban J connectivity index is 0.00000336. The second-order valence-electron chi connectivity index (χ2n) is 9.20. The SMILES string of the molecule is Cc1cc(CC(=O)Nc2cnn(C3C=C=CC3)c2)cc(C)c1Oc1ccnc2ccc(S(C)(=O)=O)cc12.[HH]. The summed E-state index contributed by atoms with van der Waals surface area (Å²) in [6, 6.07) is 10.5. The van der Waals surface area contributed by atoms with Gasteiger partial charge in [0.15, 0.2) is 9.84 Å². The first kappa shape index (κ1) is 24.5. The van der Waals surface area contributed by atoms with Gasteiger partial charge in [0.1, 0.15) is 11.5 Å². The van der Waals surface area contributed by atoms with Crippen LogP contribution in [0.4, 0.5) is 5.69 Å². The smallest absolute Gasteiger partial charge is 0.228 e. The summed E-state index contributed by atoms with van der Waals surface area (Å²) in [4.78, 5) is 17.2. The molecule has 0 saturated carbocycles. The second-order valence-corrected chi connectivity index (χ2v) is 11.2. The number of rotatable bonds is 7. The van der Waals surface area contributed by atoms with Crippen molar-refractivity contribution >= 4 is 32.3 Å². The Hall–Kier alpha value is -4.20. The van der Waals surface area contributed by atoms with Crippen LogP contribution in [0.3, 0.4) is 0 Å². The monoisotopic (exact) mass is 516 g/mol. The van der Waals surface area contributed by atoms with Crippen LogP contribution in [-0.4, -0.2) is 35.3 Å². The van der Waals surface area contributed by atoms with E-state index in [9.17, 15) is 13.2 Å². The highest BCUT2D eigenvalue weighted by atomic mass is 32.2. The normalized spacial score (nSPS) is 14.8. The van der Waals surface area contributed by atoms with Crippen LogP contribution in [0, 0.1) is 13.8 Å². The number of allylic oxidation sites excluding steroid dienone is 1. The van der Waals surface area contributed by atoms with Crippen LogP contribution in [0.1, 0.15) is 30.6 Å². The first-order chi connectivity index (χ1) is 17.7. The molecule has 5 rings (SSSR count). The van der Waals surface area contributed by atoms with Gasteiger partial charge in [0.2, 0.25) is 5.91 Å². The molecule has 8 nitrogen and oxygen atoms in total. The number of ether oxygens (including phenoxy) is 1. The zero-order valence-corrected chi connectivity index (χ0v) is 21.5. The summed E-state index contributed by atoms with van der Waals surface area (Å²) < 4.78 is 32.2. The van der Waals surface area contributed by atoms with Gasteiger partial charge in [0, 0.05) is 25.5 Å². The van der Waals surface area contributed by atoms with Gasteiger partial charge >= 0.3 is 0 Å². The minimum Gasteiger partial charge on any atom is -0.456 e. The second kappa shape index (κ2) is 9.69. The average Bonchev–Trinajstić information content (AvgIpc) is 3.53. The van der Waals surface area contributed by atoms with E-state index in [0.717, 1.165) is 23.1 Å². The number of aromatic nitrogens is 3. The largest absolute Gasteiger partial charge is 0.456 e. The number of hydrogen-bond acceptors (Lipinski definition) is 6. The fourth-order valence-corrected chi connectivity index (χ4v) is 5.07. The molecule has 0 radical (unpaired) electrons. The van der Waals surface area contributed by atoms with Crippen LogP contribution in [0.5, 0.6) is 11.5 Å². The number of benzene rings is 2. The van der Waals surface area contributed by atoms with Crippen LogP contribution in [0.2, 0.25) is 0 Å². The van der Waals surface area contributed by atoms with Gasteiger partial charge in [-0.15, -0.1) is 5.73 Å². The molecule has 1 amide bonds. The molecule has 1 aliphatic carbocycles.